The maximum absolute atomic E-state index is 12.8. The van der Waals surface area contributed by atoms with E-state index in [0.29, 0.717) is 24.6 Å². The van der Waals surface area contributed by atoms with E-state index in [2.05, 4.69) is 0 Å². The van der Waals surface area contributed by atoms with Crippen molar-refractivity contribution in [2.75, 3.05) is 33.3 Å². The molecule has 1 amide bonds. The van der Waals surface area contributed by atoms with Crippen LogP contribution in [-0.2, 0) is 14.8 Å². The Labute approximate surface area is 171 Å². The van der Waals surface area contributed by atoms with Crippen molar-refractivity contribution < 1.29 is 22.7 Å². The van der Waals surface area contributed by atoms with Crippen molar-refractivity contribution in [1.29, 1.82) is 0 Å². The maximum atomic E-state index is 12.8. The topological polar surface area (TPSA) is 76.2 Å². The van der Waals surface area contributed by atoms with Crippen LogP contribution in [0.5, 0.6) is 11.5 Å². The molecule has 0 aliphatic carbocycles. The molecule has 0 radical (unpaired) electrons. The fraction of sp³-hybridized carbons (Fsp3) is 0.381. The molecule has 1 aliphatic heterocycles. The van der Waals surface area contributed by atoms with Gasteiger partial charge in [-0.3, -0.25) is 4.79 Å². The van der Waals surface area contributed by atoms with Crippen LogP contribution in [0.4, 0.5) is 0 Å². The van der Waals surface area contributed by atoms with Gasteiger partial charge in [-0.15, -0.1) is 0 Å². The van der Waals surface area contributed by atoms with Crippen LogP contribution in [0.3, 0.4) is 0 Å². The van der Waals surface area contributed by atoms with Gasteiger partial charge in [0, 0.05) is 26.2 Å². The zero-order chi connectivity index (χ0) is 21.0. The van der Waals surface area contributed by atoms with Crippen LogP contribution in [0.25, 0.3) is 0 Å². The molecule has 0 N–H and O–H groups in total. The summed E-state index contributed by atoms with van der Waals surface area (Å²) >= 11 is 0. The van der Waals surface area contributed by atoms with E-state index in [-0.39, 0.29) is 23.9 Å². The predicted octanol–water partition coefficient (Wildman–Crippen LogP) is 2.30. The summed E-state index contributed by atoms with van der Waals surface area (Å²) in [6.45, 7) is 4.80. The van der Waals surface area contributed by atoms with E-state index in [1.54, 1.807) is 67.5 Å². The molecule has 1 heterocycles. The largest absolute Gasteiger partial charge is 0.497 e. The molecule has 1 saturated heterocycles. The van der Waals surface area contributed by atoms with Crippen LogP contribution >= 0.6 is 0 Å². The summed E-state index contributed by atoms with van der Waals surface area (Å²) in [6.07, 6.45) is -0.663. The van der Waals surface area contributed by atoms with Gasteiger partial charge in [-0.2, -0.15) is 4.31 Å². The Bertz CT molecular complexity index is 934. The molecule has 156 valence electrons. The van der Waals surface area contributed by atoms with Gasteiger partial charge in [-0.25, -0.2) is 8.42 Å². The Hall–Kier alpha value is -2.58. The zero-order valence-electron chi connectivity index (χ0n) is 16.9. The summed E-state index contributed by atoms with van der Waals surface area (Å²) in [6, 6.07) is 13.8. The smallest absolute Gasteiger partial charge is 0.263 e. The minimum absolute atomic E-state index is 0.159. The second kappa shape index (κ2) is 8.84. The third-order valence-corrected chi connectivity index (χ3v) is 6.84. The average molecular weight is 419 g/mol. The summed E-state index contributed by atoms with van der Waals surface area (Å²) in [5.41, 5.74) is 1.00. The summed E-state index contributed by atoms with van der Waals surface area (Å²) in [5.74, 6) is 1.13. The van der Waals surface area contributed by atoms with Crippen molar-refractivity contribution in [3.05, 3.63) is 54.1 Å². The standard InChI is InChI=1S/C21H26N2O5S/c1-16-4-10-20(11-5-16)29(25,26)23-14-12-22(13-15-23)21(24)17(2)28-19-8-6-18(27-3)7-9-19/h4-11,17H,12-15H2,1-3H3/t17-/m0/s1. The Balaban J connectivity index is 1.57. The lowest BCUT2D eigenvalue weighted by Crippen LogP contribution is -2.53. The normalized spacial score (nSPS) is 16.3. The number of benzene rings is 2. The fourth-order valence-electron chi connectivity index (χ4n) is 3.17. The van der Waals surface area contributed by atoms with E-state index < -0.39 is 16.1 Å². The molecule has 0 aromatic heterocycles. The molecule has 2 aromatic rings. The summed E-state index contributed by atoms with van der Waals surface area (Å²) < 4.78 is 37.8. The third-order valence-electron chi connectivity index (χ3n) is 4.93. The highest BCUT2D eigenvalue weighted by molar-refractivity contribution is 7.89. The number of ether oxygens (including phenoxy) is 2. The molecule has 0 bridgehead atoms. The monoisotopic (exact) mass is 418 g/mol. The highest BCUT2D eigenvalue weighted by Gasteiger charge is 2.32. The number of sulfonamides is 1. The highest BCUT2D eigenvalue weighted by Crippen LogP contribution is 2.21. The molecule has 1 fully saturated rings. The van der Waals surface area contributed by atoms with Gasteiger partial charge in [-0.05, 0) is 50.2 Å². The summed E-state index contributed by atoms with van der Waals surface area (Å²) in [4.78, 5) is 14.6. The molecule has 7 nitrogen and oxygen atoms in total. The molecule has 2 aromatic carbocycles. The van der Waals surface area contributed by atoms with Crippen LogP contribution in [-0.4, -0.2) is 62.9 Å². The number of piperazine rings is 1. The van der Waals surface area contributed by atoms with Gasteiger partial charge in [0.2, 0.25) is 10.0 Å². The number of nitrogens with zero attached hydrogens (tertiary/aromatic N) is 2. The lowest BCUT2D eigenvalue weighted by atomic mass is 10.2. The summed E-state index contributed by atoms with van der Waals surface area (Å²) in [5, 5.41) is 0. The van der Waals surface area contributed by atoms with E-state index in [1.165, 1.54) is 4.31 Å². The lowest BCUT2D eigenvalue weighted by Gasteiger charge is -2.35. The van der Waals surface area contributed by atoms with E-state index in [4.69, 9.17) is 9.47 Å². The first-order valence-corrected chi connectivity index (χ1v) is 10.9. The van der Waals surface area contributed by atoms with Crippen molar-refractivity contribution in [2.45, 2.75) is 24.8 Å². The van der Waals surface area contributed by atoms with Crippen LogP contribution in [0, 0.1) is 6.92 Å². The first-order valence-electron chi connectivity index (χ1n) is 9.47. The average Bonchev–Trinajstić information content (AvgIpc) is 2.74. The minimum atomic E-state index is -3.55. The quantitative estimate of drug-likeness (QED) is 0.720. The first kappa shape index (κ1) is 21.1. The van der Waals surface area contributed by atoms with Gasteiger partial charge in [0.1, 0.15) is 11.5 Å². The number of hydrogen-bond donors (Lipinski definition) is 0. The van der Waals surface area contributed by atoms with Gasteiger partial charge < -0.3 is 14.4 Å². The number of rotatable bonds is 6. The van der Waals surface area contributed by atoms with Gasteiger partial charge >= 0.3 is 0 Å². The van der Waals surface area contributed by atoms with Crippen molar-refractivity contribution in [3.8, 4) is 11.5 Å². The number of methoxy groups -OCH3 is 1. The number of aryl methyl sites for hydroxylation is 1. The van der Waals surface area contributed by atoms with Gasteiger partial charge in [-0.1, -0.05) is 17.7 Å². The first-order chi connectivity index (χ1) is 13.8. The van der Waals surface area contributed by atoms with Crippen molar-refractivity contribution in [1.82, 2.24) is 9.21 Å². The maximum Gasteiger partial charge on any atom is 0.263 e. The molecule has 8 heteroatoms. The number of carbonyl (C=O) groups excluding carboxylic acids is 1. The molecule has 0 saturated carbocycles. The zero-order valence-corrected chi connectivity index (χ0v) is 17.7. The predicted molar refractivity (Wildman–Crippen MR) is 110 cm³/mol. The van der Waals surface area contributed by atoms with E-state index in [9.17, 15) is 13.2 Å². The third kappa shape index (κ3) is 4.89. The molecule has 3 rings (SSSR count). The van der Waals surface area contributed by atoms with Crippen LogP contribution < -0.4 is 9.47 Å². The van der Waals surface area contributed by atoms with Crippen molar-refractivity contribution in [3.63, 3.8) is 0 Å². The van der Waals surface area contributed by atoms with E-state index >= 15 is 0 Å². The second-order valence-corrected chi connectivity index (χ2v) is 8.92. The summed E-state index contributed by atoms with van der Waals surface area (Å²) in [7, 11) is -1.97. The van der Waals surface area contributed by atoms with Gasteiger partial charge in [0.25, 0.3) is 5.91 Å². The lowest BCUT2D eigenvalue weighted by molar-refractivity contribution is -0.139. The minimum Gasteiger partial charge on any atom is -0.497 e. The van der Waals surface area contributed by atoms with Crippen LogP contribution in [0.1, 0.15) is 12.5 Å². The van der Waals surface area contributed by atoms with Crippen LogP contribution in [0.15, 0.2) is 53.4 Å². The molecule has 0 unspecified atom stereocenters. The van der Waals surface area contributed by atoms with E-state index in [0.717, 1.165) is 5.56 Å². The van der Waals surface area contributed by atoms with Crippen molar-refractivity contribution in [2.24, 2.45) is 0 Å². The second-order valence-electron chi connectivity index (χ2n) is 6.98. The molecular weight excluding hydrogens is 392 g/mol. The Morgan fingerprint density at radius 3 is 2.03 bits per heavy atom. The SMILES string of the molecule is COc1ccc(O[C@@H](C)C(=O)N2CCN(S(=O)(=O)c3ccc(C)cc3)CC2)cc1. The van der Waals surface area contributed by atoms with Gasteiger partial charge in [0.05, 0.1) is 12.0 Å². The van der Waals surface area contributed by atoms with Crippen molar-refractivity contribution >= 4 is 15.9 Å². The number of hydrogen-bond acceptors (Lipinski definition) is 5. The van der Waals surface area contributed by atoms with Gasteiger partial charge in [0.15, 0.2) is 6.10 Å². The Kier molecular flexibility index (Phi) is 6.44. The molecule has 0 spiro atoms. The van der Waals surface area contributed by atoms with E-state index in [1.807, 2.05) is 6.92 Å². The highest BCUT2D eigenvalue weighted by atomic mass is 32.2. The van der Waals surface area contributed by atoms with Crippen LogP contribution in [0.2, 0.25) is 0 Å². The number of carbonyl (C=O) groups is 1. The molecule has 1 aliphatic rings. The Morgan fingerprint density at radius 2 is 1.48 bits per heavy atom. The fourth-order valence-corrected chi connectivity index (χ4v) is 4.60. The Morgan fingerprint density at radius 1 is 0.931 bits per heavy atom. The molecular formula is C21H26N2O5S. The number of amides is 1. The molecule has 1 atom stereocenters. The molecule has 29 heavy (non-hydrogen) atoms.